The van der Waals surface area contributed by atoms with Crippen molar-refractivity contribution in [3.8, 4) is 0 Å². The zero-order valence-corrected chi connectivity index (χ0v) is 14.3. The number of fused-ring (bicyclic) bond motifs is 1. The van der Waals surface area contributed by atoms with Crippen LogP contribution in [0.4, 0.5) is 5.95 Å². The third-order valence-electron chi connectivity index (χ3n) is 5.02. The molecule has 0 amide bonds. The topological polar surface area (TPSA) is 140 Å². The van der Waals surface area contributed by atoms with Crippen LogP contribution in [0.15, 0.2) is 11.1 Å². The van der Waals surface area contributed by atoms with E-state index < -0.39 is 36.7 Å². The van der Waals surface area contributed by atoms with Gasteiger partial charge in [-0.1, -0.05) is 0 Å². The van der Waals surface area contributed by atoms with E-state index in [-0.39, 0.29) is 11.2 Å². The van der Waals surface area contributed by atoms with Crippen molar-refractivity contribution in [2.24, 2.45) is 0 Å². The molecule has 4 N–H and O–H groups in total. The molecule has 2 fully saturated rings. The average molecular weight is 366 g/mol. The van der Waals surface area contributed by atoms with Crippen LogP contribution in [0, 0.1) is 0 Å². The minimum absolute atomic E-state index is 0.138. The second-order valence-electron chi connectivity index (χ2n) is 6.70. The SMILES string of the molecule is CN1CCN(c2nc3c(=O)[nH]cnc3n2[C@@H]2O[C@@H](CO)[C@H](O)[C@@H]2O)CC1. The van der Waals surface area contributed by atoms with Crippen molar-refractivity contribution in [3.05, 3.63) is 16.7 Å². The number of anilines is 1. The van der Waals surface area contributed by atoms with Crippen LogP contribution in [0.3, 0.4) is 0 Å². The van der Waals surface area contributed by atoms with E-state index in [0.717, 1.165) is 13.1 Å². The first-order chi connectivity index (χ1) is 12.5. The van der Waals surface area contributed by atoms with Crippen LogP contribution in [-0.4, -0.2) is 97.9 Å². The number of rotatable bonds is 3. The average Bonchev–Trinajstić information content (AvgIpc) is 3.15. The summed E-state index contributed by atoms with van der Waals surface area (Å²) in [4.78, 5) is 27.5. The molecule has 11 heteroatoms. The largest absolute Gasteiger partial charge is 0.394 e. The fraction of sp³-hybridized carbons (Fsp3) is 0.667. The first kappa shape index (κ1) is 17.4. The van der Waals surface area contributed by atoms with Gasteiger partial charge in [0.05, 0.1) is 12.9 Å². The molecule has 4 atom stereocenters. The maximum Gasteiger partial charge on any atom is 0.278 e. The van der Waals surface area contributed by atoms with E-state index in [1.165, 1.54) is 6.33 Å². The zero-order chi connectivity index (χ0) is 18.4. The van der Waals surface area contributed by atoms with E-state index in [1.54, 1.807) is 4.57 Å². The molecule has 2 saturated heterocycles. The highest BCUT2D eigenvalue weighted by molar-refractivity contribution is 5.74. The highest BCUT2D eigenvalue weighted by Gasteiger charge is 2.45. The molecule has 0 unspecified atom stereocenters. The van der Waals surface area contributed by atoms with Gasteiger partial charge in [0.2, 0.25) is 5.95 Å². The Hall–Kier alpha value is -2.05. The van der Waals surface area contributed by atoms with Crippen molar-refractivity contribution in [2.45, 2.75) is 24.5 Å². The number of aliphatic hydroxyl groups is 3. The number of H-pyrrole nitrogens is 1. The molecule has 2 aromatic rings. The van der Waals surface area contributed by atoms with Crippen LogP contribution < -0.4 is 10.5 Å². The van der Waals surface area contributed by atoms with Gasteiger partial charge in [-0.3, -0.25) is 9.36 Å². The molecular formula is C15H22N6O5. The van der Waals surface area contributed by atoms with Crippen molar-refractivity contribution >= 4 is 17.1 Å². The molecular weight excluding hydrogens is 344 g/mol. The summed E-state index contributed by atoms with van der Waals surface area (Å²) in [5.41, 5.74) is 0.00700. The fourth-order valence-electron chi connectivity index (χ4n) is 3.47. The van der Waals surface area contributed by atoms with Gasteiger partial charge in [0.25, 0.3) is 5.56 Å². The van der Waals surface area contributed by atoms with E-state index in [0.29, 0.717) is 19.0 Å². The Morgan fingerprint density at radius 1 is 1.27 bits per heavy atom. The van der Waals surface area contributed by atoms with Crippen molar-refractivity contribution < 1.29 is 20.1 Å². The number of piperazine rings is 1. The number of aromatic nitrogens is 4. The van der Waals surface area contributed by atoms with Crippen LogP contribution in [0.2, 0.25) is 0 Å². The first-order valence-electron chi connectivity index (χ1n) is 8.53. The fourth-order valence-corrected chi connectivity index (χ4v) is 3.47. The molecule has 142 valence electrons. The lowest BCUT2D eigenvalue weighted by molar-refractivity contribution is -0.0505. The molecule has 4 heterocycles. The Bertz CT molecular complexity index is 845. The lowest BCUT2D eigenvalue weighted by Gasteiger charge is -2.34. The summed E-state index contributed by atoms with van der Waals surface area (Å²) in [6.45, 7) is 2.59. The van der Waals surface area contributed by atoms with Crippen LogP contribution in [0.5, 0.6) is 0 Å². The second kappa shape index (κ2) is 6.59. The van der Waals surface area contributed by atoms with Gasteiger partial charge < -0.3 is 34.8 Å². The standard InChI is InChI=1S/C15H22N6O5/c1-19-2-4-20(5-3-19)15-18-9-12(16-7-17-13(9)25)21(15)14-11(24)10(23)8(6-22)26-14/h7-8,10-11,14,22-24H,2-6H2,1H3,(H,16,17,25)/t8-,10-,11-,14+/m0/s1. The van der Waals surface area contributed by atoms with Crippen LogP contribution in [0.1, 0.15) is 6.23 Å². The van der Waals surface area contributed by atoms with Gasteiger partial charge in [-0.25, -0.2) is 9.97 Å². The molecule has 26 heavy (non-hydrogen) atoms. The van der Waals surface area contributed by atoms with Crippen molar-refractivity contribution in [2.75, 3.05) is 44.7 Å². The highest BCUT2D eigenvalue weighted by atomic mass is 16.6. The number of likely N-dealkylation sites (N-methyl/N-ethyl adjacent to an activating group) is 1. The molecule has 0 radical (unpaired) electrons. The van der Waals surface area contributed by atoms with E-state index in [4.69, 9.17) is 4.74 Å². The molecule has 0 aliphatic carbocycles. The number of aliphatic hydroxyl groups excluding tert-OH is 3. The summed E-state index contributed by atoms with van der Waals surface area (Å²) in [6, 6.07) is 0. The van der Waals surface area contributed by atoms with Gasteiger partial charge >= 0.3 is 0 Å². The van der Waals surface area contributed by atoms with Crippen molar-refractivity contribution in [1.82, 2.24) is 24.4 Å². The minimum Gasteiger partial charge on any atom is -0.394 e. The lowest BCUT2D eigenvalue weighted by atomic mass is 10.1. The predicted octanol–water partition coefficient (Wildman–Crippen LogP) is -2.52. The van der Waals surface area contributed by atoms with Gasteiger partial charge in [-0.15, -0.1) is 0 Å². The molecule has 0 saturated carbocycles. The molecule has 0 aromatic carbocycles. The predicted molar refractivity (Wildman–Crippen MR) is 90.9 cm³/mol. The Labute approximate surface area is 148 Å². The smallest absolute Gasteiger partial charge is 0.278 e. The Kier molecular flexibility index (Phi) is 4.40. The summed E-state index contributed by atoms with van der Waals surface area (Å²) in [5, 5.41) is 29.9. The van der Waals surface area contributed by atoms with Crippen molar-refractivity contribution in [1.29, 1.82) is 0 Å². The number of nitrogens with one attached hydrogen (secondary N) is 1. The maximum absolute atomic E-state index is 12.2. The van der Waals surface area contributed by atoms with Gasteiger partial charge in [-0.2, -0.15) is 0 Å². The monoisotopic (exact) mass is 366 g/mol. The van der Waals surface area contributed by atoms with Crippen molar-refractivity contribution in [3.63, 3.8) is 0 Å². The molecule has 2 aliphatic rings. The number of nitrogens with zero attached hydrogens (tertiary/aromatic N) is 5. The number of aromatic amines is 1. The summed E-state index contributed by atoms with van der Waals surface area (Å²) >= 11 is 0. The Morgan fingerprint density at radius 2 is 2.00 bits per heavy atom. The number of hydrogen-bond donors (Lipinski definition) is 4. The molecule has 0 spiro atoms. The summed E-state index contributed by atoms with van der Waals surface area (Å²) < 4.78 is 7.20. The quantitative estimate of drug-likeness (QED) is 0.463. The Morgan fingerprint density at radius 3 is 2.65 bits per heavy atom. The Balaban J connectivity index is 1.83. The molecule has 2 aliphatic heterocycles. The van der Waals surface area contributed by atoms with Gasteiger partial charge in [0.1, 0.15) is 18.3 Å². The van der Waals surface area contributed by atoms with Crippen LogP contribution in [0.25, 0.3) is 11.2 Å². The van der Waals surface area contributed by atoms with E-state index in [1.807, 2.05) is 11.9 Å². The van der Waals surface area contributed by atoms with Gasteiger partial charge in [0, 0.05) is 26.2 Å². The molecule has 4 rings (SSSR count). The summed E-state index contributed by atoms with van der Waals surface area (Å²) in [7, 11) is 2.03. The minimum atomic E-state index is -1.28. The number of imidazole rings is 1. The summed E-state index contributed by atoms with van der Waals surface area (Å²) in [5.74, 6) is 0.451. The lowest BCUT2D eigenvalue weighted by Crippen LogP contribution is -2.46. The number of ether oxygens (including phenoxy) is 1. The molecule has 11 nitrogen and oxygen atoms in total. The van der Waals surface area contributed by atoms with E-state index in [9.17, 15) is 20.1 Å². The normalized spacial score (nSPS) is 30.4. The number of hydrogen-bond acceptors (Lipinski definition) is 9. The first-order valence-corrected chi connectivity index (χ1v) is 8.53. The maximum atomic E-state index is 12.2. The van der Waals surface area contributed by atoms with Gasteiger partial charge in [0.15, 0.2) is 17.4 Å². The van der Waals surface area contributed by atoms with Crippen LogP contribution >= 0.6 is 0 Å². The van der Waals surface area contributed by atoms with Crippen LogP contribution in [-0.2, 0) is 4.74 Å². The molecule has 0 bridgehead atoms. The second-order valence-corrected chi connectivity index (χ2v) is 6.70. The molecule has 2 aromatic heterocycles. The van der Waals surface area contributed by atoms with E-state index in [2.05, 4.69) is 19.9 Å². The third-order valence-corrected chi connectivity index (χ3v) is 5.02. The van der Waals surface area contributed by atoms with E-state index >= 15 is 0 Å². The van der Waals surface area contributed by atoms with Gasteiger partial charge in [-0.05, 0) is 7.05 Å². The third kappa shape index (κ3) is 2.68. The highest BCUT2D eigenvalue weighted by Crippen LogP contribution is 2.35. The summed E-state index contributed by atoms with van der Waals surface area (Å²) in [6.07, 6.45) is -3.19. The zero-order valence-electron chi connectivity index (χ0n) is 14.3.